The van der Waals surface area contributed by atoms with Gasteiger partial charge >= 0.3 is 5.69 Å². The number of halogens is 1. The predicted molar refractivity (Wildman–Crippen MR) is 72.5 cm³/mol. The molecule has 0 aromatic heterocycles. The first kappa shape index (κ1) is 14.7. The van der Waals surface area contributed by atoms with Crippen molar-refractivity contribution < 1.29 is 14.1 Å². The van der Waals surface area contributed by atoms with Gasteiger partial charge in [-0.15, -0.1) is 0 Å². The maximum absolute atomic E-state index is 13.1. The van der Waals surface area contributed by atoms with Crippen LogP contribution in [0.1, 0.15) is 0 Å². The summed E-state index contributed by atoms with van der Waals surface area (Å²) >= 11 is 0. The molecule has 0 saturated carbocycles. The van der Waals surface area contributed by atoms with E-state index < -0.39 is 10.7 Å². The van der Waals surface area contributed by atoms with E-state index in [0.717, 1.165) is 44.4 Å². The fraction of sp³-hybridized carbons (Fsp3) is 0.538. The molecule has 0 bridgehead atoms. The molecule has 0 amide bonds. The summed E-state index contributed by atoms with van der Waals surface area (Å²) < 4.78 is 18.5. The lowest BCUT2D eigenvalue weighted by Gasteiger charge is -2.32. The second-order valence-electron chi connectivity index (χ2n) is 4.86. The van der Waals surface area contributed by atoms with Gasteiger partial charge in [-0.3, -0.25) is 15.0 Å². The van der Waals surface area contributed by atoms with Crippen molar-refractivity contribution >= 4 is 5.69 Å². The molecular formula is C13H18FN3O3. The highest BCUT2D eigenvalue weighted by molar-refractivity contribution is 5.46. The van der Waals surface area contributed by atoms with Crippen molar-refractivity contribution in [3.8, 4) is 5.75 Å². The number of nitrogens with zero attached hydrogens (tertiary/aromatic N) is 3. The van der Waals surface area contributed by atoms with Crippen LogP contribution in [-0.2, 0) is 0 Å². The third kappa shape index (κ3) is 3.88. The standard InChI is InChI=1S/C13H18FN3O3/c1-15-4-6-16(7-5-15)8-9-20-13-10-11(14)2-3-12(13)17(18)19/h2-3,10H,4-9H2,1H3. The number of ether oxygens (including phenoxy) is 1. The summed E-state index contributed by atoms with van der Waals surface area (Å²) in [6, 6.07) is 3.24. The van der Waals surface area contributed by atoms with Crippen molar-refractivity contribution in [2.75, 3.05) is 46.4 Å². The Morgan fingerprint density at radius 3 is 2.70 bits per heavy atom. The Kier molecular flexibility index (Phi) is 4.86. The number of hydrogen-bond donors (Lipinski definition) is 0. The van der Waals surface area contributed by atoms with E-state index in [1.165, 1.54) is 0 Å². The molecule has 2 rings (SSSR count). The number of nitro benzene ring substituents is 1. The number of piperazine rings is 1. The molecule has 1 aliphatic rings. The Bertz CT molecular complexity index is 476. The van der Waals surface area contributed by atoms with Gasteiger partial charge in [-0.05, 0) is 13.1 Å². The zero-order valence-electron chi connectivity index (χ0n) is 11.4. The van der Waals surface area contributed by atoms with Gasteiger partial charge in [0.1, 0.15) is 12.4 Å². The number of rotatable bonds is 5. The second kappa shape index (κ2) is 6.62. The van der Waals surface area contributed by atoms with E-state index in [9.17, 15) is 14.5 Å². The van der Waals surface area contributed by atoms with Gasteiger partial charge in [0.25, 0.3) is 0 Å². The van der Waals surface area contributed by atoms with Crippen molar-refractivity contribution in [3.63, 3.8) is 0 Å². The first-order valence-corrected chi connectivity index (χ1v) is 6.54. The van der Waals surface area contributed by atoms with Gasteiger partial charge in [0.15, 0.2) is 5.75 Å². The van der Waals surface area contributed by atoms with Crippen LogP contribution in [0.25, 0.3) is 0 Å². The van der Waals surface area contributed by atoms with Crippen LogP contribution in [0, 0.1) is 15.9 Å². The van der Waals surface area contributed by atoms with Crippen molar-refractivity contribution in [2.24, 2.45) is 0 Å². The zero-order chi connectivity index (χ0) is 14.5. The fourth-order valence-electron chi connectivity index (χ4n) is 2.11. The molecule has 6 nitrogen and oxygen atoms in total. The number of benzene rings is 1. The minimum Gasteiger partial charge on any atom is -0.485 e. The highest BCUT2D eigenvalue weighted by Crippen LogP contribution is 2.27. The minimum atomic E-state index is -0.565. The molecule has 0 spiro atoms. The fourth-order valence-corrected chi connectivity index (χ4v) is 2.11. The quantitative estimate of drug-likeness (QED) is 0.603. The van der Waals surface area contributed by atoms with Crippen LogP contribution in [0.4, 0.5) is 10.1 Å². The number of hydrogen-bond acceptors (Lipinski definition) is 5. The summed E-state index contributed by atoms with van der Waals surface area (Å²) in [6.45, 7) is 4.89. The monoisotopic (exact) mass is 283 g/mol. The molecule has 7 heteroatoms. The average Bonchev–Trinajstić information content (AvgIpc) is 2.41. The first-order valence-electron chi connectivity index (χ1n) is 6.54. The van der Waals surface area contributed by atoms with E-state index in [0.29, 0.717) is 13.2 Å². The Hall–Kier alpha value is -1.73. The Labute approximate surface area is 116 Å². The molecule has 0 aliphatic carbocycles. The van der Waals surface area contributed by atoms with Gasteiger partial charge in [-0.1, -0.05) is 0 Å². The maximum atomic E-state index is 13.1. The second-order valence-corrected chi connectivity index (χ2v) is 4.86. The summed E-state index contributed by atoms with van der Waals surface area (Å²) in [5, 5.41) is 10.8. The first-order chi connectivity index (χ1) is 9.56. The topological polar surface area (TPSA) is 58.8 Å². The molecule has 1 aromatic carbocycles. The molecule has 1 heterocycles. The van der Waals surface area contributed by atoms with Crippen LogP contribution in [0.3, 0.4) is 0 Å². The number of nitro groups is 1. The molecule has 0 atom stereocenters. The van der Waals surface area contributed by atoms with Gasteiger partial charge in [0.2, 0.25) is 0 Å². The van der Waals surface area contributed by atoms with E-state index in [1.807, 2.05) is 0 Å². The van der Waals surface area contributed by atoms with Gasteiger partial charge in [0, 0.05) is 44.9 Å². The summed E-state index contributed by atoms with van der Waals surface area (Å²) in [5.74, 6) is -0.547. The van der Waals surface area contributed by atoms with Crippen LogP contribution in [0.2, 0.25) is 0 Å². The lowest BCUT2D eigenvalue weighted by Crippen LogP contribution is -2.45. The lowest BCUT2D eigenvalue weighted by molar-refractivity contribution is -0.385. The highest BCUT2D eigenvalue weighted by Gasteiger charge is 2.17. The smallest absolute Gasteiger partial charge is 0.311 e. The van der Waals surface area contributed by atoms with E-state index in [-0.39, 0.29) is 11.4 Å². The Morgan fingerprint density at radius 1 is 1.35 bits per heavy atom. The third-order valence-corrected chi connectivity index (χ3v) is 3.38. The van der Waals surface area contributed by atoms with Crippen LogP contribution < -0.4 is 4.74 Å². The predicted octanol–water partition coefficient (Wildman–Crippen LogP) is 1.36. The number of likely N-dealkylation sites (N-methyl/N-ethyl adjacent to an activating group) is 1. The minimum absolute atomic E-state index is 0.0101. The van der Waals surface area contributed by atoms with Gasteiger partial charge in [-0.2, -0.15) is 0 Å². The molecule has 20 heavy (non-hydrogen) atoms. The van der Waals surface area contributed by atoms with Crippen molar-refractivity contribution in [2.45, 2.75) is 0 Å². The molecule has 1 aromatic rings. The van der Waals surface area contributed by atoms with Crippen LogP contribution in [0.5, 0.6) is 5.75 Å². The Balaban J connectivity index is 1.87. The molecule has 110 valence electrons. The summed E-state index contributed by atoms with van der Waals surface area (Å²) in [4.78, 5) is 14.7. The molecule has 1 saturated heterocycles. The molecule has 0 N–H and O–H groups in total. The van der Waals surface area contributed by atoms with Crippen LogP contribution >= 0.6 is 0 Å². The van der Waals surface area contributed by atoms with Gasteiger partial charge < -0.3 is 9.64 Å². The zero-order valence-corrected chi connectivity index (χ0v) is 11.4. The molecular weight excluding hydrogens is 265 g/mol. The normalized spacial score (nSPS) is 17.1. The molecule has 1 fully saturated rings. The Morgan fingerprint density at radius 2 is 2.05 bits per heavy atom. The van der Waals surface area contributed by atoms with Crippen LogP contribution in [-0.4, -0.2) is 61.1 Å². The summed E-state index contributed by atoms with van der Waals surface area (Å²) in [7, 11) is 2.07. The van der Waals surface area contributed by atoms with Gasteiger partial charge in [0.05, 0.1) is 4.92 Å². The van der Waals surface area contributed by atoms with E-state index in [4.69, 9.17) is 4.74 Å². The van der Waals surface area contributed by atoms with Crippen molar-refractivity contribution in [1.29, 1.82) is 0 Å². The van der Waals surface area contributed by atoms with E-state index in [2.05, 4.69) is 16.8 Å². The van der Waals surface area contributed by atoms with Crippen molar-refractivity contribution in [3.05, 3.63) is 34.1 Å². The lowest BCUT2D eigenvalue weighted by atomic mass is 10.3. The molecule has 1 aliphatic heterocycles. The van der Waals surface area contributed by atoms with Gasteiger partial charge in [-0.25, -0.2) is 4.39 Å². The summed E-state index contributed by atoms with van der Waals surface area (Å²) in [5.41, 5.74) is -0.204. The average molecular weight is 283 g/mol. The highest BCUT2D eigenvalue weighted by atomic mass is 19.1. The maximum Gasteiger partial charge on any atom is 0.311 e. The van der Waals surface area contributed by atoms with E-state index >= 15 is 0 Å². The van der Waals surface area contributed by atoms with Crippen molar-refractivity contribution in [1.82, 2.24) is 9.80 Å². The van der Waals surface area contributed by atoms with E-state index in [1.54, 1.807) is 0 Å². The molecule has 0 radical (unpaired) electrons. The molecule has 0 unspecified atom stereocenters. The third-order valence-electron chi connectivity index (χ3n) is 3.38. The largest absolute Gasteiger partial charge is 0.485 e. The summed E-state index contributed by atoms with van der Waals surface area (Å²) in [6.07, 6.45) is 0. The SMILES string of the molecule is CN1CCN(CCOc2cc(F)ccc2[N+](=O)[O-])CC1. The van der Waals surface area contributed by atoms with Crippen LogP contribution in [0.15, 0.2) is 18.2 Å².